The van der Waals surface area contributed by atoms with E-state index < -0.39 is 6.10 Å². The third-order valence-electron chi connectivity index (χ3n) is 2.56. The van der Waals surface area contributed by atoms with E-state index >= 15 is 0 Å². The molecule has 0 aromatic carbocycles. The van der Waals surface area contributed by atoms with Gasteiger partial charge in [0, 0.05) is 11.5 Å². The fraction of sp³-hybridized carbons (Fsp3) is 0.600. The van der Waals surface area contributed by atoms with Crippen molar-refractivity contribution < 1.29 is 14.3 Å². The Morgan fingerprint density at radius 1 is 1.62 bits per heavy atom. The molecule has 0 amide bonds. The zero-order valence-corrected chi connectivity index (χ0v) is 7.64. The molecule has 1 aromatic heterocycles. The number of furan rings is 1. The van der Waals surface area contributed by atoms with E-state index in [9.17, 15) is 5.11 Å². The van der Waals surface area contributed by atoms with Crippen LogP contribution >= 0.6 is 0 Å². The summed E-state index contributed by atoms with van der Waals surface area (Å²) in [5, 5.41) is 9.89. The number of hydrogen-bond acceptors (Lipinski definition) is 3. The Hall–Kier alpha value is -0.800. The molecule has 0 aliphatic carbocycles. The summed E-state index contributed by atoms with van der Waals surface area (Å²) in [5.74, 6) is 0.215. The highest BCUT2D eigenvalue weighted by atomic mass is 16.5. The Labute approximate surface area is 77.3 Å². The monoisotopic (exact) mass is 182 g/mol. The first-order valence-electron chi connectivity index (χ1n) is 4.59. The molecule has 0 radical (unpaired) electrons. The van der Waals surface area contributed by atoms with Crippen LogP contribution in [0.15, 0.2) is 23.0 Å². The average Bonchev–Trinajstić information content (AvgIpc) is 2.72. The van der Waals surface area contributed by atoms with Crippen LogP contribution in [0.5, 0.6) is 0 Å². The Kier molecular flexibility index (Phi) is 2.38. The summed E-state index contributed by atoms with van der Waals surface area (Å²) in [6, 6.07) is 1.80. The van der Waals surface area contributed by atoms with Crippen molar-refractivity contribution in [1.29, 1.82) is 0 Å². The zero-order valence-electron chi connectivity index (χ0n) is 7.64. The average molecular weight is 182 g/mol. The van der Waals surface area contributed by atoms with Crippen molar-refractivity contribution in [2.45, 2.75) is 25.6 Å². The lowest BCUT2D eigenvalue weighted by Crippen LogP contribution is -2.11. The van der Waals surface area contributed by atoms with E-state index in [1.54, 1.807) is 18.6 Å². The maximum Gasteiger partial charge on any atom is 0.0960 e. The minimum Gasteiger partial charge on any atom is -0.472 e. The number of aliphatic hydroxyl groups excluding tert-OH is 1. The van der Waals surface area contributed by atoms with Crippen LogP contribution in [0, 0.1) is 5.92 Å². The summed E-state index contributed by atoms with van der Waals surface area (Å²) in [6.45, 7) is 2.68. The first-order valence-corrected chi connectivity index (χ1v) is 4.59. The summed E-state index contributed by atoms with van der Waals surface area (Å²) >= 11 is 0. The fourth-order valence-electron chi connectivity index (χ4n) is 1.79. The summed E-state index contributed by atoms with van der Waals surface area (Å²) in [7, 11) is 0. The molecule has 1 fully saturated rings. The standard InChI is InChI=1S/C10H14O3/c1-7-4-9(6-13-7)10(11)8-2-3-12-5-8/h2-3,5,7,9-11H,4,6H2,1H3. The topological polar surface area (TPSA) is 42.6 Å². The first kappa shape index (κ1) is 8.78. The van der Waals surface area contributed by atoms with Gasteiger partial charge < -0.3 is 14.3 Å². The third kappa shape index (κ3) is 1.76. The van der Waals surface area contributed by atoms with Crippen LogP contribution in [0.1, 0.15) is 25.0 Å². The quantitative estimate of drug-likeness (QED) is 0.757. The molecule has 72 valence electrons. The molecular weight excluding hydrogens is 168 g/mol. The Morgan fingerprint density at radius 2 is 2.46 bits per heavy atom. The predicted octanol–water partition coefficient (Wildman–Crippen LogP) is 1.74. The lowest BCUT2D eigenvalue weighted by Gasteiger charge is -2.14. The van der Waals surface area contributed by atoms with Gasteiger partial charge in [-0.25, -0.2) is 0 Å². The maximum absolute atomic E-state index is 9.89. The number of rotatable bonds is 2. The molecule has 1 saturated heterocycles. The second-order valence-corrected chi connectivity index (χ2v) is 3.64. The van der Waals surface area contributed by atoms with Crippen LogP contribution in [0.2, 0.25) is 0 Å². The molecule has 2 heterocycles. The van der Waals surface area contributed by atoms with Gasteiger partial charge in [0.25, 0.3) is 0 Å². The third-order valence-corrected chi connectivity index (χ3v) is 2.56. The number of ether oxygens (including phenoxy) is 1. The van der Waals surface area contributed by atoms with Crippen molar-refractivity contribution >= 4 is 0 Å². The van der Waals surface area contributed by atoms with Gasteiger partial charge in [0.1, 0.15) is 0 Å². The molecule has 1 aliphatic heterocycles. The summed E-state index contributed by atoms with van der Waals surface area (Å²) in [6.07, 6.45) is 3.92. The first-order chi connectivity index (χ1) is 6.27. The molecule has 3 heteroatoms. The van der Waals surface area contributed by atoms with E-state index in [4.69, 9.17) is 9.15 Å². The normalized spacial score (nSPS) is 30.6. The molecule has 1 N–H and O–H groups in total. The van der Waals surface area contributed by atoms with Gasteiger partial charge in [-0.2, -0.15) is 0 Å². The lowest BCUT2D eigenvalue weighted by molar-refractivity contribution is 0.0801. The van der Waals surface area contributed by atoms with E-state index in [0.29, 0.717) is 6.61 Å². The zero-order chi connectivity index (χ0) is 9.26. The smallest absolute Gasteiger partial charge is 0.0960 e. The molecule has 3 atom stereocenters. The molecule has 1 aliphatic rings. The number of aliphatic hydroxyl groups is 1. The van der Waals surface area contributed by atoms with Gasteiger partial charge in [0.15, 0.2) is 0 Å². The van der Waals surface area contributed by atoms with Crippen LogP contribution in [0.3, 0.4) is 0 Å². The van der Waals surface area contributed by atoms with Crippen molar-refractivity contribution in [3.63, 3.8) is 0 Å². The summed E-state index contributed by atoms with van der Waals surface area (Å²) in [5.41, 5.74) is 0.850. The van der Waals surface area contributed by atoms with Gasteiger partial charge in [0.2, 0.25) is 0 Å². The van der Waals surface area contributed by atoms with Crippen LogP contribution in [0.4, 0.5) is 0 Å². The Morgan fingerprint density at radius 3 is 3.00 bits per heavy atom. The highest BCUT2D eigenvalue weighted by Crippen LogP contribution is 2.31. The molecular formula is C10H14O3. The molecule has 0 bridgehead atoms. The van der Waals surface area contributed by atoms with Crippen molar-refractivity contribution in [3.05, 3.63) is 24.2 Å². The van der Waals surface area contributed by atoms with Crippen molar-refractivity contribution in [2.75, 3.05) is 6.61 Å². The molecule has 2 rings (SSSR count). The van der Waals surface area contributed by atoms with Gasteiger partial charge in [-0.3, -0.25) is 0 Å². The molecule has 0 saturated carbocycles. The second-order valence-electron chi connectivity index (χ2n) is 3.64. The Bertz CT molecular complexity index is 255. The summed E-state index contributed by atoms with van der Waals surface area (Å²) in [4.78, 5) is 0. The van der Waals surface area contributed by atoms with Crippen LogP contribution in [-0.2, 0) is 4.74 Å². The molecule has 3 unspecified atom stereocenters. The lowest BCUT2D eigenvalue weighted by atomic mass is 9.95. The molecule has 0 spiro atoms. The van der Waals surface area contributed by atoms with Gasteiger partial charge >= 0.3 is 0 Å². The highest BCUT2D eigenvalue weighted by molar-refractivity contribution is 5.10. The van der Waals surface area contributed by atoms with Crippen LogP contribution < -0.4 is 0 Å². The fourth-order valence-corrected chi connectivity index (χ4v) is 1.79. The van der Waals surface area contributed by atoms with Gasteiger partial charge in [-0.05, 0) is 19.4 Å². The van der Waals surface area contributed by atoms with Crippen molar-refractivity contribution in [2.24, 2.45) is 5.92 Å². The van der Waals surface area contributed by atoms with E-state index in [1.807, 2.05) is 6.92 Å². The largest absolute Gasteiger partial charge is 0.472 e. The minimum absolute atomic E-state index is 0.215. The van der Waals surface area contributed by atoms with Gasteiger partial charge in [-0.15, -0.1) is 0 Å². The second kappa shape index (κ2) is 3.52. The molecule has 1 aromatic rings. The SMILES string of the molecule is CC1CC(C(O)c2ccoc2)CO1. The van der Waals surface area contributed by atoms with Crippen LogP contribution in [-0.4, -0.2) is 17.8 Å². The van der Waals surface area contributed by atoms with Crippen molar-refractivity contribution in [3.8, 4) is 0 Å². The van der Waals surface area contributed by atoms with Crippen LogP contribution in [0.25, 0.3) is 0 Å². The van der Waals surface area contributed by atoms with E-state index in [0.717, 1.165) is 12.0 Å². The Balaban J connectivity index is 2.02. The minimum atomic E-state index is -0.441. The van der Waals surface area contributed by atoms with E-state index in [2.05, 4.69) is 0 Å². The predicted molar refractivity (Wildman–Crippen MR) is 47.2 cm³/mol. The maximum atomic E-state index is 9.89. The molecule has 13 heavy (non-hydrogen) atoms. The van der Waals surface area contributed by atoms with Gasteiger partial charge in [-0.1, -0.05) is 0 Å². The number of hydrogen-bond donors (Lipinski definition) is 1. The van der Waals surface area contributed by atoms with Crippen molar-refractivity contribution in [1.82, 2.24) is 0 Å². The highest BCUT2D eigenvalue weighted by Gasteiger charge is 2.29. The van der Waals surface area contributed by atoms with Gasteiger partial charge in [0.05, 0.1) is 31.3 Å². The molecule has 3 nitrogen and oxygen atoms in total. The summed E-state index contributed by atoms with van der Waals surface area (Å²) < 4.78 is 10.3. The van der Waals surface area contributed by atoms with E-state index in [-0.39, 0.29) is 12.0 Å². The van der Waals surface area contributed by atoms with E-state index in [1.165, 1.54) is 0 Å².